The van der Waals surface area contributed by atoms with Crippen LogP contribution in [0.2, 0.25) is 0 Å². The number of hydrogen-bond donors (Lipinski definition) is 2. The number of nitrogens with two attached hydrogens (primary N) is 1. The van der Waals surface area contributed by atoms with Crippen molar-refractivity contribution in [3.05, 3.63) is 54.1 Å². The van der Waals surface area contributed by atoms with Gasteiger partial charge in [-0.2, -0.15) is 5.10 Å². The van der Waals surface area contributed by atoms with E-state index in [2.05, 4.69) is 10.2 Å². The van der Waals surface area contributed by atoms with Crippen molar-refractivity contribution in [3.63, 3.8) is 0 Å². The van der Waals surface area contributed by atoms with Crippen LogP contribution in [0.3, 0.4) is 0 Å². The van der Waals surface area contributed by atoms with Crippen LogP contribution in [0.5, 0.6) is 0 Å². The first-order valence-corrected chi connectivity index (χ1v) is 8.09. The van der Waals surface area contributed by atoms with Crippen molar-refractivity contribution in [1.29, 1.82) is 0 Å². The van der Waals surface area contributed by atoms with Gasteiger partial charge in [-0.05, 0) is 36.7 Å². The zero-order valence-corrected chi connectivity index (χ0v) is 13.3. The highest BCUT2D eigenvalue weighted by molar-refractivity contribution is 7.91. The van der Waals surface area contributed by atoms with Crippen LogP contribution in [0.1, 0.15) is 5.56 Å². The summed E-state index contributed by atoms with van der Waals surface area (Å²) in [5, 5.41) is 7.52. The lowest BCUT2D eigenvalue weighted by atomic mass is 10.1. The molecule has 22 heavy (non-hydrogen) atoms. The molecule has 0 aliphatic heterocycles. The molecule has 3 N–H and O–H groups in total. The van der Waals surface area contributed by atoms with E-state index in [1.807, 2.05) is 12.1 Å². The number of halogens is 1. The molecule has 0 fully saturated rings. The van der Waals surface area contributed by atoms with Crippen molar-refractivity contribution < 1.29 is 8.42 Å². The van der Waals surface area contributed by atoms with Gasteiger partial charge in [-0.3, -0.25) is 5.10 Å². The van der Waals surface area contributed by atoms with Crippen LogP contribution >= 0.6 is 12.4 Å². The Morgan fingerprint density at radius 3 is 2.45 bits per heavy atom. The van der Waals surface area contributed by atoms with Gasteiger partial charge in [0.2, 0.25) is 9.84 Å². The molecule has 1 heterocycles. The quantitative estimate of drug-likeness (QED) is 0.764. The first-order valence-electron chi connectivity index (χ1n) is 6.61. The predicted molar refractivity (Wildman–Crippen MR) is 88.0 cm³/mol. The summed E-state index contributed by atoms with van der Waals surface area (Å²) in [6.45, 7) is 0.499. The molecule has 3 rings (SSSR count). The number of fused-ring (bicyclic) bond motifs is 1. The Hall–Kier alpha value is -1.89. The Balaban J connectivity index is 0.00000176. The number of aromatic amines is 1. The van der Waals surface area contributed by atoms with E-state index in [-0.39, 0.29) is 22.3 Å². The Kier molecular flexibility index (Phi) is 4.85. The third kappa shape index (κ3) is 2.72. The Bertz CT molecular complexity index is 876. The average Bonchev–Trinajstić information content (AvgIpc) is 2.94. The second-order valence-electron chi connectivity index (χ2n) is 4.72. The van der Waals surface area contributed by atoms with Crippen molar-refractivity contribution in [1.82, 2.24) is 10.2 Å². The van der Waals surface area contributed by atoms with Crippen LogP contribution in [0.4, 0.5) is 0 Å². The summed E-state index contributed by atoms with van der Waals surface area (Å²) in [5.41, 5.74) is 7.29. The average molecular weight is 338 g/mol. The molecule has 0 unspecified atom stereocenters. The molecule has 0 saturated heterocycles. The van der Waals surface area contributed by atoms with E-state index < -0.39 is 9.84 Å². The molecule has 3 aromatic rings. The zero-order valence-electron chi connectivity index (χ0n) is 11.7. The molecular weight excluding hydrogens is 322 g/mol. The standard InChI is InChI=1S/C15H15N3O2S.ClH/c16-10-9-11-5-4-8-13-14(11)17-18-15(13)21(19,20)12-6-2-1-3-7-12;/h1-8H,9-10,16H2,(H,17,18);1H. The van der Waals surface area contributed by atoms with Gasteiger partial charge in [-0.25, -0.2) is 8.42 Å². The number of aromatic nitrogens is 2. The number of nitrogens with one attached hydrogen (secondary N) is 1. The van der Waals surface area contributed by atoms with Crippen molar-refractivity contribution in [2.24, 2.45) is 5.73 Å². The minimum atomic E-state index is -3.63. The number of H-pyrrole nitrogens is 1. The van der Waals surface area contributed by atoms with Gasteiger partial charge < -0.3 is 5.73 Å². The van der Waals surface area contributed by atoms with Gasteiger partial charge in [-0.1, -0.05) is 30.3 Å². The molecule has 1 aromatic heterocycles. The lowest BCUT2D eigenvalue weighted by Crippen LogP contribution is -2.03. The number of hydrogen-bond acceptors (Lipinski definition) is 4. The van der Waals surface area contributed by atoms with E-state index in [0.29, 0.717) is 18.4 Å². The highest BCUT2D eigenvalue weighted by Crippen LogP contribution is 2.27. The van der Waals surface area contributed by atoms with Gasteiger partial charge in [-0.15, -0.1) is 12.4 Å². The van der Waals surface area contributed by atoms with Crippen molar-refractivity contribution >= 4 is 33.1 Å². The second-order valence-corrected chi connectivity index (χ2v) is 6.59. The van der Waals surface area contributed by atoms with E-state index in [1.165, 1.54) is 0 Å². The smallest absolute Gasteiger partial charge is 0.226 e. The molecule has 0 atom stereocenters. The molecule has 0 aliphatic carbocycles. The zero-order chi connectivity index (χ0) is 14.9. The molecule has 7 heteroatoms. The fraction of sp³-hybridized carbons (Fsp3) is 0.133. The predicted octanol–water partition coefficient (Wildman–Crippen LogP) is 2.32. The Labute approximate surface area is 134 Å². The molecular formula is C15H16ClN3O2S. The molecule has 116 valence electrons. The number of benzene rings is 2. The molecule has 0 bridgehead atoms. The van der Waals surface area contributed by atoms with Gasteiger partial charge >= 0.3 is 0 Å². The summed E-state index contributed by atoms with van der Waals surface area (Å²) in [6.07, 6.45) is 0.671. The maximum absolute atomic E-state index is 12.7. The third-order valence-electron chi connectivity index (χ3n) is 3.37. The molecule has 5 nitrogen and oxygen atoms in total. The van der Waals surface area contributed by atoms with E-state index >= 15 is 0 Å². The lowest BCUT2D eigenvalue weighted by Gasteiger charge is -2.03. The molecule has 2 aromatic carbocycles. The molecule has 0 saturated carbocycles. The van der Waals surface area contributed by atoms with Gasteiger partial charge in [0.1, 0.15) is 0 Å². The number of rotatable bonds is 4. The summed E-state index contributed by atoms with van der Waals surface area (Å²) in [7, 11) is -3.63. The highest BCUT2D eigenvalue weighted by Gasteiger charge is 2.23. The van der Waals surface area contributed by atoms with Crippen molar-refractivity contribution in [2.75, 3.05) is 6.54 Å². The topological polar surface area (TPSA) is 88.8 Å². The SMILES string of the molecule is Cl.NCCc1cccc2c(S(=O)(=O)c3ccccc3)n[nH]c12. The van der Waals surface area contributed by atoms with Crippen LogP contribution in [0, 0.1) is 0 Å². The van der Waals surface area contributed by atoms with Gasteiger partial charge in [0.05, 0.1) is 10.4 Å². The largest absolute Gasteiger partial charge is 0.330 e. The molecule has 0 amide bonds. The minimum absolute atomic E-state index is 0. The van der Waals surface area contributed by atoms with Crippen LogP contribution in [-0.2, 0) is 16.3 Å². The summed E-state index contributed by atoms with van der Waals surface area (Å²) in [5.74, 6) is 0. The lowest BCUT2D eigenvalue weighted by molar-refractivity contribution is 0.593. The minimum Gasteiger partial charge on any atom is -0.330 e. The van der Waals surface area contributed by atoms with Crippen LogP contribution in [-0.4, -0.2) is 25.2 Å². The monoisotopic (exact) mass is 337 g/mol. The van der Waals surface area contributed by atoms with Crippen LogP contribution < -0.4 is 5.73 Å². The van der Waals surface area contributed by atoms with E-state index in [4.69, 9.17) is 5.73 Å². The van der Waals surface area contributed by atoms with E-state index in [0.717, 1.165) is 11.1 Å². The first kappa shape index (κ1) is 16.5. The Morgan fingerprint density at radius 2 is 1.77 bits per heavy atom. The summed E-state index contributed by atoms with van der Waals surface area (Å²) in [6, 6.07) is 13.8. The maximum Gasteiger partial charge on any atom is 0.226 e. The van der Waals surface area contributed by atoms with Crippen molar-refractivity contribution in [3.8, 4) is 0 Å². The van der Waals surface area contributed by atoms with Gasteiger partial charge in [0.25, 0.3) is 0 Å². The van der Waals surface area contributed by atoms with Gasteiger partial charge in [0, 0.05) is 5.39 Å². The normalized spacial score (nSPS) is 11.3. The summed E-state index contributed by atoms with van der Waals surface area (Å²) >= 11 is 0. The number of sulfone groups is 1. The van der Waals surface area contributed by atoms with Crippen LogP contribution in [0.25, 0.3) is 10.9 Å². The number of nitrogens with zero attached hydrogens (tertiary/aromatic N) is 1. The first-order chi connectivity index (χ1) is 10.1. The van der Waals surface area contributed by atoms with E-state index in [1.54, 1.807) is 36.4 Å². The Morgan fingerprint density at radius 1 is 1.05 bits per heavy atom. The number of para-hydroxylation sites is 1. The fourth-order valence-corrected chi connectivity index (χ4v) is 3.72. The summed E-state index contributed by atoms with van der Waals surface area (Å²) in [4.78, 5) is 0.239. The van der Waals surface area contributed by atoms with E-state index in [9.17, 15) is 8.42 Å². The molecule has 0 spiro atoms. The van der Waals surface area contributed by atoms with Crippen molar-refractivity contribution in [2.45, 2.75) is 16.3 Å². The van der Waals surface area contributed by atoms with Gasteiger partial charge in [0.15, 0.2) is 5.03 Å². The highest BCUT2D eigenvalue weighted by atomic mass is 35.5. The second kappa shape index (κ2) is 6.48. The summed E-state index contributed by atoms with van der Waals surface area (Å²) < 4.78 is 25.3. The molecule has 0 radical (unpaired) electrons. The third-order valence-corrected chi connectivity index (χ3v) is 5.09. The fourth-order valence-electron chi connectivity index (χ4n) is 2.36. The van der Waals surface area contributed by atoms with Crippen LogP contribution in [0.15, 0.2) is 58.5 Å². The molecule has 0 aliphatic rings. The maximum atomic E-state index is 12.7.